The normalized spacial score (nSPS) is 14.5. The summed E-state index contributed by atoms with van der Waals surface area (Å²) in [5.41, 5.74) is 1.11. The van der Waals surface area contributed by atoms with Gasteiger partial charge in [-0.1, -0.05) is 30.7 Å². The van der Waals surface area contributed by atoms with Gasteiger partial charge in [0.05, 0.1) is 16.6 Å². The molecule has 0 atom stereocenters. The van der Waals surface area contributed by atoms with Gasteiger partial charge >= 0.3 is 0 Å². The molecule has 1 fully saturated rings. The van der Waals surface area contributed by atoms with Crippen LogP contribution in [-0.2, 0) is 11.2 Å². The van der Waals surface area contributed by atoms with Crippen molar-refractivity contribution in [1.82, 2.24) is 14.9 Å². The first-order chi connectivity index (χ1) is 15.2. The van der Waals surface area contributed by atoms with E-state index >= 15 is 0 Å². The fourth-order valence-electron chi connectivity index (χ4n) is 3.86. The minimum Gasteiger partial charge on any atom is -0.490 e. The van der Waals surface area contributed by atoms with Crippen molar-refractivity contribution in [3.8, 4) is 5.75 Å². The zero-order valence-electron chi connectivity index (χ0n) is 17.6. The number of ether oxygens (including phenoxy) is 1. The summed E-state index contributed by atoms with van der Waals surface area (Å²) in [6.07, 6.45) is 4.38. The number of rotatable bonds is 8. The molecule has 1 saturated heterocycles. The lowest BCUT2D eigenvalue weighted by Crippen LogP contribution is -2.33. The number of carbonyl (C=O) groups excluding carboxylic acids is 1. The maximum atomic E-state index is 12.5. The number of benzene rings is 2. The number of aromatic nitrogens is 2. The van der Waals surface area contributed by atoms with Crippen LogP contribution in [0.1, 0.15) is 31.5 Å². The summed E-state index contributed by atoms with van der Waals surface area (Å²) in [7, 11) is 0. The predicted molar refractivity (Wildman–Crippen MR) is 122 cm³/mol. The fourth-order valence-corrected chi connectivity index (χ4v) is 3.86. The molecule has 0 radical (unpaired) electrons. The van der Waals surface area contributed by atoms with E-state index in [0.29, 0.717) is 41.2 Å². The summed E-state index contributed by atoms with van der Waals surface area (Å²) in [5, 5.41) is 3.47. The lowest BCUT2D eigenvalue weighted by molar-refractivity contribution is -0.116. The van der Waals surface area contributed by atoms with Crippen molar-refractivity contribution < 1.29 is 9.53 Å². The van der Waals surface area contributed by atoms with Crippen LogP contribution in [0.3, 0.4) is 0 Å². The Morgan fingerprint density at radius 1 is 1.06 bits per heavy atom. The standard InChI is InChI=1S/C24H28N4O3/c29-23(13-12-22-25-19-9-3-2-8-18(19)24(30)27-22)26-20-10-4-5-11-21(20)31-17-16-28-14-6-1-7-15-28/h2-5,8-11H,1,6-7,12-17H2,(H,26,29)(H,25,27,30). The van der Waals surface area contributed by atoms with Gasteiger partial charge < -0.3 is 15.0 Å². The number of para-hydroxylation sites is 3. The number of anilines is 1. The van der Waals surface area contributed by atoms with Crippen molar-refractivity contribution in [3.63, 3.8) is 0 Å². The Bertz CT molecular complexity index is 1090. The Morgan fingerprint density at radius 3 is 2.71 bits per heavy atom. The molecule has 1 amide bonds. The number of hydrogen-bond donors (Lipinski definition) is 2. The number of H-pyrrole nitrogens is 1. The molecular formula is C24H28N4O3. The van der Waals surface area contributed by atoms with Gasteiger partial charge in [-0.3, -0.25) is 14.5 Å². The molecule has 2 aromatic carbocycles. The molecule has 2 N–H and O–H groups in total. The molecule has 162 valence electrons. The summed E-state index contributed by atoms with van der Waals surface area (Å²) in [5.74, 6) is 1.03. The van der Waals surface area contributed by atoms with Crippen LogP contribution in [0, 0.1) is 0 Å². The zero-order chi connectivity index (χ0) is 21.5. The molecule has 2 heterocycles. The predicted octanol–water partition coefficient (Wildman–Crippen LogP) is 3.36. The maximum Gasteiger partial charge on any atom is 0.258 e. The van der Waals surface area contributed by atoms with Crippen LogP contribution in [0.25, 0.3) is 10.9 Å². The van der Waals surface area contributed by atoms with E-state index < -0.39 is 0 Å². The van der Waals surface area contributed by atoms with E-state index in [0.717, 1.165) is 19.6 Å². The molecule has 3 aromatic rings. The number of nitrogens with zero attached hydrogens (tertiary/aromatic N) is 2. The Morgan fingerprint density at radius 2 is 1.84 bits per heavy atom. The second-order valence-electron chi connectivity index (χ2n) is 7.82. The van der Waals surface area contributed by atoms with E-state index in [2.05, 4.69) is 20.2 Å². The third-order valence-corrected chi connectivity index (χ3v) is 5.53. The molecular weight excluding hydrogens is 392 g/mol. The first-order valence-electron chi connectivity index (χ1n) is 10.9. The molecule has 0 unspecified atom stereocenters. The van der Waals surface area contributed by atoms with Gasteiger partial charge in [0, 0.05) is 19.4 Å². The molecule has 31 heavy (non-hydrogen) atoms. The maximum absolute atomic E-state index is 12.5. The Balaban J connectivity index is 1.32. The molecule has 0 aliphatic carbocycles. The molecule has 4 rings (SSSR count). The monoisotopic (exact) mass is 420 g/mol. The van der Waals surface area contributed by atoms with Crippen LogP contribution in [0.2, 0.25) is 0 Å². The average molecular weight is 421 g/mol. The van der Waals surface area contributed by atoms with Gasteiger partial charge in [0.25, 0.3) is 5.56 Å². The molecule has 0 spiro atoms. The Kier molecular flexibility index (Phi) is 6.94. The molecule has 1 aromatic heterocycles. The van der Waals surface area contributed by atoms with E-state index in [1.54, 1.807) is 18.2 Å². The molecule has 1 aliphatic heterocycles. The van der Waals surface area contributed by atoms with Crippen molar-refractivity contribution in [2.24, 2.45) is 0 Å². The van der Waals surface area contributed by atoms with Crippen LogP contribution in [0.15, 0.2) is 53.3 Å². The highest BCUT2D eigenvalue weighted by molar-refractivity contribution is 5.92. The highest BCUT2D eigenvalue weighted by Crippen LogP contribution is 2.24. The van der Waals surface area contributed by atoms with Gasteiger partial charge in [-0.2, -0.15) is 0 Å². The summed E-state index contributed by atoms with van der Waals surface area (Å²) in [6.45, 7) is 3.75. The van der Waals surface area contributed by atoms with E-state index in [-0.39, 0.29) is 17.9 Å². The lowest BCUT2D eigenvalue weighted by Gasteiger charge is -2.26. The molecule has 0 saturated carbocycles. The first kappa shape index (κ1) is 21.1. The number of aryl methyl sites for hydroxylation is 1. The van der Waals surface area contributed by atoms with Crippen LogP contribution in [0.5, 0.6) is 5.75 Å². The van der Waals surface area contributed by atoms with Crippen LogP contribution < -0.4 is 15.6 Å². The zero-order valence-corrected chi connectivity index (χ0v) is 17.6. The molecule has 1 aliphatic rings. The van der Waals surface area contributed by atoms with Crippen LogP contribution in [-0.4, -0.2) is 47.0 Å². The first-order valence-corrected chi connectivity index (χ1v) is 10.9. The van der Waals surface area contributed by atoms with E-state index in [4.69, 9.17) is 4.74 Å². The smallest absolute Gasteiger partial charge is 0.258 e. The summed E-state index contributed by atoms with van der Waals surface area (Å²) in [6, 6.07) is 14.7. The minimum absolute atomic E-state index is 0.150. The third kappa shape index (κ3) is 5.70. The van der Waals surface area contributed by atoms with Gasteiger partial charge in [0.15, 0.2) is 0 Å². The Hall–Kier alpha value is -3.19. The van der Waals surface area contributed by atoms with Gasteiger partial charge in [-0.15, -0.1) is 0 Å². The number of hydrogen-bond acceptors (Lipinski definition) is 5. The SMILES string of the molecule is O=C(CCc1nc2ccccc2c(=O)[nH]1)Nc1ccccc1OCCN1CCCCC1. The van der Waals surface area contributed by atoms with Gasteiger partial charge in [0.1, 0.15) is 18.2 Å². The van der Waals surface area contributed by atoms with Gasteiger partial charge in [-0.25, -0.2) is 4.98 Å². The largest absolute Gasteiger partial charge is 0.490 e. The molecule has 7 heteroatoms. The van der Waals surface area contributed by atoms with E-state index in [1.807, 2.05) is 30.3 Å². The van der Waals surface area contributed by atoms with Crippen molar-refractivity contribution in [2.75, 3.05) is 31.6 Å². The molecule has 0 bridgehead atoms. The average Bonchev–Trinajstić information content (AvgIpc) is 2.80. The van der Waals surface area contributed by atoms with Crippen LogP contribution >= 0.6 is 0 Å². The van der Waals surface area contributed by atoms with Crippen LogP contribution in [0.4, 0.5) is 5.69 Å². The quantitative estimate of drug-likeness (QED) is 0.584. The van der Waals surface area contributed by atoms with E-state index in [1.165, 1.54) is 19.3 Å². The molecule has 7 nitrogen and oxygen atoms in total. The number of likely N-dealkylation sites (tertiary alicyclic amines) is 1. The Labute approximate surface area is 181 Å². The highest BCUT2D eigenvalue weighted by atomic mass is 16.5. The van der Waals surface area contributed by atoms with Gasteiger partial charge in [-0.05, 0) is 50.2 Å². The fraction of sp³-hybridized carbons (Fsp3) is 0.375. The minimum atomic E-state index is -0.187. The second kappa shape index (κ2) is 10.2. The number of piperidine rings is 1. The number of nitrogens with one attached hydrogen (secondary N) is 2. The van der Waals surface area contributed by atoms with Crippen molar-refractivity contribution >= 4 is 22.5 Å². The number of fused-ring (bicyclic) bond motifs is 1. The van der Waals surface area contributed by atoms with Crippen molar-refractivity contribution in [3.05, 3.63) is 64.7 Å². The number of amides is 1. The van der Waals surface area contributed by atoms with E-state index in [9.17, 15) is 9.59 Å². The van der Waals surface area contributed by atoms with Gasteiger partial charge in [0.2, 0.25) is 5.91 Å². The highest BCUT2D eigenvalue weighted by Gasteiger charge is 2.12. The summed E-state index contributed by atoms with van der Waals surface area (Å²) < 4.78 is 5.95. The lowest BCUT2D eigenvalue weighted by atomic mass is 10.1. The number of aromatic amines is 1. The van der Waals surface area contributed by atoms with Crippen molar-refractivity contribution in [1.29, 1.82) is 0 Å². The topological polar surface area (TPSA) is 87.3 Å². The summed E-state index contributed by atoms with van der Waals surface area (Å²) >= 11 is 0. The third-order valence-electron chi connectivity index (χ3n) is 5.53. The van der Waals surface area contributed by atoms with Crippen molar-refractivity contribution in [2.45, 2.75) is 32.1 Å². The second-order valence-corrected chi connectivity index (χ2v) is 7.82. The number of carbonyl (C=O) groups is 1. The summed E-state index contributed by atoms with van der Waals surface area (Å²) in [4.78, 5) is 34.3.